The van der Waals surface area contributed by atoms with E-state index in [1.165, 1.54) is 0 Å². The summed E-state index contributed by atoms with van der Waals surface area (Å²) in [6.45, 7) is 1.04. The van der Waals surface area contributed by atoms with E-state index in [0.717, 1.165) is 18.4 Å². The molecule has 0 aromatic heterocycles. The molecule has 1 aromatic rings. The predicted molar refractivity (Wildman–Crippen MR) is 80.9 cm³/mol. The summed E-state index contributed by atoms with van der Waals surface area (Å²) in [5.41, 5.74) is 0.899. The Labute approximate surface area is 129 Å². The first-order chi connectivity index (χ1) is 10.1. The molecule has 1 aliphatic heterocycles. The van der Waals surface area contributed by atoms with E-state index in [1.54, 1.807) is 6.07 Å². The van der Waals surface area contributed by atoms with Crippen LogP contribution < -0.4 is 10.6 Å². The Balaban J connectivity index is 1.50. The molecule has 2 N–H and O–H groups in total. The number of benzene rings is 1. The van der Waals surface area contributed by atoms with Gasteiger partial charge in [-0.25, -0.2) is 0 Å². The van der Waals surface area contributed by atoms with E-state index < -0.39 is 0 Å². The molecule has 5 heteroatoms. The van der Waals surface area contributed by atoms with Crippen LogP contribution in [0.25, 0.3) is 0 Å². The summed E-state index contributed by atoms with van der Waals surface area (Å²) < 4.78 is 0. The minimum absolute atomic E-state index is 0.00793. The van der Waals surface area contributed by atoms with Gasteiger partial charge in [0.15, 0.2) is 0 Å². The van der Waals surface area contributed by atoms with Gasteiger partial charge in [-0.15, -0.1) is 0 Å². The maximum absolute atomic E-state index is 12.2. The third-order valence-electron chi connectivity index (χ3n) is 4.24. The lowest BCUT2D eigenvalue weighted by atomic mass is 9.97. The van der Waals surface area contributed by atoms with Gasteiger partial charge >= 0.3 is 0 Å². The molecule has 2 fully saturated rings. The zero-order chi connectivity index (χ0) is 14.8. The largest absolute Gasteiger partial charge is 0.351 e. The molecule has 1 saturated heterocycles. The maximum Gasteiger partial charge on any atom is 0.237 e. The average molecular weight is 307 g/mol. The molecule has 21 heavy (non-hydrogen) atoms. The monoisotopic (exact) mass is 306 g/mol. The Morgan fingerprint density at radius 2 is 2.00 bits per heavy atom. The number of hydrogen-bond donors (Lipinski definition) is 2. The lowest BCUT2D eigenvalue weighted by molar-refractivity contribution is -0.124. The zero-order valence-electron chi connectivity index (χ0n) is 11.8. The van der Waals surface area contributed by atoms with Gasteiger partial charge < -0.3 is 10.6 Å². The summed E-state index contributed by atoms with van der Waals surface area (Å²) in [6.07, 6.45) is 2.67. The van der Waals surface area contributed by atoms with Gasteiger partial charge in [0, 0.05) is 29.9 Å². The fourth-order valence-corrected chi connectivity index (χ4v) is 3.00. The van der Waals surface area contributed by atoms with Crippen molar-refractivity contribution in [3.63, 3.8) is 0 Å². The van der Waals surface area contributed by atoms with Crippen LogP contribution in [0.1, 0.15) is 24.8 Å². The molecule has 2 unspecified atom stereocenters. The van der Waals surface area contributed by atoms with Crippen molar-refractivity contribution in [2.75, 3.05) is 6.54 Å². The molecule has 112 valence electrons. The summed E-state index contributed by atoms with van der Waals surface area (Å²) in [5.74, 6) is 0.556. The number of hydrogen-bond acceptors (Lipinski definition) is 3. The molecule has 1 amide bonds. The van der Waals surface area contributed by atoms with Gasteiger partial charge in [0.1, 0.15) is 5.78 Å². The fraction of sp³-hybridized carbons (Fsp3) is 0.500. The summed E-state index contributed by atoms with van der Waals surface area (Å²) in [6, 6.07) is 7.19. The van der Waals surface area contributed by atoms with Crippen molar-refractivity contribution in [1.29, 1.82) is 0 Å². The van der Waals surface area contributed by atoms with Crippen LogP contribution in [0.15, 0.2) is 24.3 Å². The maximum atomic E-state index is 12.2. The highest BCUT2D eigenvalue weighted by atomic mass is 35.5. The van der Waals surface area contributed by atoms with Gasteiger partial charge in [0.05, 0.1) is 6.04 Å². The molecule has 0 bridgehead atoms. The van der Waals surface area contributed by atoms with Gasteiger partial charge in [-0.05, 0) is 30.9 Å². The van der Waals surface area contributed by atoms with Gasteiger partial charge in [-0.2, -0.15) is 0 Å². The van der Waals surface area contributed by atoms with Crippen LogP contribution in [-0.4, -0.2) is 24.3 Å². The second kappa shape index (κ2) is 6.16. The van der Waals surface area contributed by atoms with E-state index in [9.17, 15) is 9.59 Å². The quantitative estimate of drug-likeness (QED) is 0.874. The predicted octanol–water partition coefficient (Wildman–Crippen LogP) is 1.91. The van der Waals surface area contributed by atoms with Crippen molar-refractivity contribution in [1.82, 2.24) is 10.6 Å². The van der Waals surface area contributed by atoms with Crippen LogP contribution in [0.2, 0.25) is 5.02 Å². The Morgan fingerprint density at radius 3 is 2.71 bits per heavy atom. The van der Waals surface area contributed by atoms with Crippen molar-refractivity contribution in [3.05, 3.63) is 34.9 Å². The van der Waals surface area contributed by atoms with Crippen molar-refractivity contribution >= 4 is 23.3 Å². The van der Waals surface area contributed by atoms with Crippen LogP contribution in [-0.2, 0) is 16.1 Å². The molecule has 2 atom stereocenters. The number of Topliss-reactive ketones (excluding diaryl/α,β-unsaturated/α-hetero) is 1. The van der Waals surface area contributed by atoms with Crippen LogP contribution in [0.3, 0.4) is 0 Å². The number of halogens is 1. The van der Waals surface area contributed by atoms with Crippen LogP contribution in [0.5, 0.6) is 0 Å². The van der Waals surface area contributed by atoms with Crippen molar-refractivity contribution in [2.24, 2.45) is 11.8 Å². The number of amides is 1. The molecular formula is C16H19ClN2O2. The van der Waals surface area contributed by atoms with E-state index in [2.05, 4.69) is 10.6 Å². The third kappa shape index (κ3) is 3.44. The molecule has 4 nitrogen and oxygen atoms in total. The average Bonchev–Trinajstić information content (AvgIpc) is 3.22. The Hall–Kier alpha value is -1.39. The zero-order valence-corrected chi connectivity index (χ0v) is 12.5. The van der Waals surface area contributed by atoms with E-state index in [-0.39, 0.29) is 23.8 Å². The molecule has 0 spiro atoms. The molecule has 0 radical (unpaired) electrons. The lowest BCUT2D eigenvalue weighted by Crippen LogP contribution is -2.40. The SMILES string of the molecule is O=C(C1CC1)C1CNC(C(=O)NCc2ccccc2Cl)C1. The standard InChI is InChI=1S/C16H19ClN2O2/c17-13-4-2-1-3-11(13)8-19-16(21)14-7-12(9-18-14)15(20)10-5-6-10/h1-4,10,12,14,18H,5-9H2,(H,19,21). The van der Waals surface area contributed by atoms with Crippen LogP contribution in [0.4, 0.5) is 0 Å². The van der Waals surface area contributed by atoms with Crippen molar-refractivity contribution in [3.8, 4) is 0 Å². The van der Waals surface area contributed by atoms with Gasteiger partial charge in [-0.1, -0.05) is 29.8 Å². The molecular weight excluding hydrogens is 288 g/mol. The van der Waals surface area contributed by atoms with Gasteiger partial charge in [-0.3, -0.25) is 9.59 Å². The first kappa shape index (κ1) is 14.5. The molecule has 2 aliphatic rings. The molecule has 1 saturated carbocycles. The van der Waals surface area contributed by atoms with Crippen molar-refractivity contribution in [2.45, 2.75) is 31.8 Å². The highest BCUT2D eigenvalue weighted by Crippen LogP contribution is 2.34. The first-order valence-electron chi connectivity index (χ1n) is 7.43. The summed E-state index contributed by atoms with van der Waals surface area (Å²) in [5, 5.41) is 6.70. The second-order valence-electron chi connectivity index (χ2n) is 5.88. The molecule has 1 aliphatic carbocycles. The summed E-state index contributed by atoms with van der Waals surface area (Å²) in [4.78, 5) is 24.2. The molecule has 1 aromatic carbocycles. The lowest BCUT2D eigenvalue weighted by Gasteiger charge is -2.12. The van der Waals surface area contributed by atoms with E-state index >= 15 is 0 Å². The van der Waals surface area contributed by atoms with Gasteiger partial charge in [0.2, 0.25) is 5.91 Å². The minimum Gasteiger partial charge on any atom is -0.351 e. The Kier molecular flexibility index (Phi) is 4.27. The second-order valence-corrected chi connectivity index (χ2v) is 6.29. The summed E-state index contributed by atoms with van der Waals surface area (Å²) >= 11 is 6.06. The number of nitrogens with one attached hydrogen (secondary N) is 2. The Bertz CT molecular complexity index is 557. The molecule has 1 heterocycles. The van der Waals surface area contributed by atoms with E-state index in [1.807, 2.05) is 18.2 Å². The van der Waals surface area contributed by atoms with Gasteiger partial charge in [0.25, 0.3) is 0 Å². The smallest absolute Gasteiger partial charge is 0.237 e. The van der Waals surface area contributed by atoms with E-state index in [0.29, 0.717) is 30.3 Å². The number of rotatable bonds is 5. The number of carbonyl (C=O) groups excluding carboxylic acids is 2. The number of carbonyl (C=O) groups is 2. The normalized spacial score (nSPS) is 24.8. The first-order valence-corrected chi connectivity index (χ1v) is 7.81. The minimum atomic E-state index is -0.264. The van der Waals surface area contributed by atoms with Crippen LogP contribution >= 0.6 is 11.6 Å². The highest BCUT2D eigenvalue weighted by molar-refractivity contribution is 6.31. The fourth-order valence-electron chi connectivity index (χ4n) is 2.80. The summed E-state index contributed by atoms with van der Waals surface area (Å²) in [7, 11) is 0. The van der Waals surface area contributed by atoms with Crippen LogP contribution in [0, 0.1) is 11.8 Å². The topological polar surface area (TPSA) is 58.2 Å². The van der Waals surface area contributed by atoms with Crippen molar-refractivity contribution < 1.29 is 9.59 Å². The number of ketones is 1. The third-order valence-corrected chi connectivity index (χ3v) is 4.61. The highest BCUT2D eigenvalue weighted by Gasteiger charge is 2.39. The molecule has 3 rings (SSSR count). The Morgan fingerprint density at radius 1 is 1.24 bits per heavy atom. The van der Waals surface area contributed by atoms with E-state index in [4.69, 9.17) is 11.6 Å².